The minimum atomic E-state index is 0.721. The van der Waals surface area contributed by atoms with Crippen molar-refractivity contribution in [3.8, 4) is 0 Å². The van der Waals surface area contributed by atoms with Crippen LogP contribution in [0.3, 0.4) is 0 Å². The van der Waals surface area contributed by atoms with Crippen molar-refractivity contribution in [2.45, 2.75) is 19.4 Å². The van der Waals surface area contributed by atoms with Crippen molar-refractivity contribution in [2.75, 3.05) is 82.2 Å². The van der Waals surface area contributed by atoms with E-state index in [0.717, 1.165) is 69.2 Å². The van der Waals surface area contributed by atoms with E-state index in [0.29, 0.717) is 0 Å². The van der Waals surface area contributed by atoms with Gasteiger partial charge >= 0.3 is 0 Å². The fourth-order valence-electron chi connectivity index (χ4n) is 4.76. The molecule has 3 aromatic rings. The quantitative estimate of drug-likeness (QED) is 0.0387. The smallest absolute Gasteiger partial charge is 0.169 e. The second kappa shape index (κ2) is 22.9. The highest BCUT2D eigenvalue weighted by atomic mass is 33.1. The van der Waals surface area contributed by atoms with Gasteiger partial charge in [-0.05, 0) is 92.6 Å². The van der Waals surface area contributed by atoms with Gasteiger partial charge in [0, 0.05) is 69.2 Å². The number of pyridine rings is 1. The van der Waals surface area contributed by atoms with Crippen LogP contribution in [0.15, 0.2) is 108 Å². The number of benzene rings is 2. The topological polar surface area (TPSA) is 52.0 Å². The van der Waals surface area contributed by atoms with Crippen LogP contribution in [-0.2, 0) is 6.54 Å². The number of nitrogens with zero attached hydrogens (tertiary/aromatic N) is 5. The summed E-state index contributed by atoms with van der Waals surface area (Å²) in [6.07, 6.45) is 20.8. The molecule has 1 heterocycles. The first-order valence-electron chi connectivity index (χ1n) is 16.8. The third-order valence-corrected chi connectivity index (χ3v) is 10.1. The molecule has 256 valence electrons. The first-order chi connectivity index (χ1) is 23.4. The van der Waals surface area contributed by atoms with Gasteiger partial charge in [-0.3, -0.25) is 4.99 Å². The lowest BCUT2D eigenvalue weighted by atomic mass is 10.1. The SMILES string of the molecule is C=CC(/C=C/c1ccc(N(C)CCCN(C)C)cc1)=C\C=N\CCSSCC[n+]1ccc(/C=C/c2ccc(N(C)CCCN)cc2)cc1. The van der Waals surface area contributed by atoms with Crippen molar-refractivity contribution < 1.29 is 4.57 Å². The summed E-state index contributed by atoms with van der Waals surface area (Å²) in [5.41, 5.74) is 12.7. The van der Waals surface area contributed by atoms with Crippen LogP contribution in [0.5, 0.6) is 0 Å². The average Bonchev–Trinajstić information content (AvgIpc) is 3.11. The molecule has 2 aromatic carbocycles. The van der Waals surface area contributed by atoms with Crippen molar-refractivity contribution >= 4 is 57.4 Å². The molecule has 0 aliphatic rings. The van der Waals surface area contributed by atoms with Crippen molar-refractivity contribution in [3.05, 3.63) is 120 Å². The lowest BCUT2D eigenvalue weighted by Crippen LogP contribution is -2.33. The monoisotopic (exact) mass is 683 g/mol. The number of anilines is 2. The molecule has 0 radical (unpaired) electrons. The summed E-state index contributed by atoms with van der Waals surface area (Å²) >= 11 is 0. The van der Waals surface area contributed by atoms with E-state index >= 15 is 0 Å². The number of aliphatic imine (C=N–C) groups is 1. The summed E-state index contributed by atoms with van der Waals surface area (Å²) in [6.45, 7) is 9.59. The Morgan fingerprint density at radius 1 is 0.750 bits per heavy atom. The number of rotatable bonds is 22. The highest BCUT2D eigenvalue weighted by Crippen LogP contribution is 2.20. The summed E-state index contributed by atoms with van der Waals surface area (Å²) in [7, 11) is 12.3. The van der Waals surface area contributed by atoms with Gasteiger partial charge in [-0.25, -0.2) is 4.57 Å². The van der Waals surface area contributed by atoms with Crippen LogP contribution in [0.1, 0.15) is 29.5 Å². The van der Waals surface area contributed by atoms with E-state index in [1.54, 1.807) is 0 Å². The van der Waals surface area contributed by atoms with Crippen LogP contribution in [-0.4, -0.2) is 83.5 Å². The zero-order chi connectivity index (χ0) is 34.4. The number of aromatic nitrogens is 1. The summed E-state index contributed by atoms with van der Waals surface area (Å²) in [4.78, 5) is 11.3. The largest absolute Gasteiger partial charge is 0.375 e. The van der Waals surface area contributed by atoms with Gasteiger partial charge in [-0.1, -0.05) is 82.8 Å². The van der Waals surface area contributed by atoms with Gasteiger partial charge < -0.3 is 20.4 Å². The predicted octanol–water partition coefficient (Wildman–Crippen LogP) is 7.60. The Hall–Kier alpha value is -3.56. The molecule has 0 saturated carbocycles. The third kappa shape index (κ3) is 15.6. The molecule has 0 fully saturated rings. The molecular weight excluding hydrogens is 629 g/mol. The van der Waals surface area contributed by atoms with Gasteiger partial charge in [0.05, 0.1) is 5.75 Å². The van der Waals surface area contributed by atoms with Gasteiger partial charge in [-0.2, -0.15) is 0 Å². The maximum absolute atomic E-state index is 5.63. The van der Waals surface area contributed by atoms with Gasteiger partial charge in [0.25, 0.3) is 0 Å². The molecule has 2 N–H and O–H groups in total. The zero-order valence-electron chi connectivity index (χ0n) is 29.4. The van der Waals surface area contributed by atoms with Gasteiger partial charge in [0.1, 0.15) is 0 Å². The Balaban J connectivity index is 1.30. The highest BCUT2D eigenvalue weighted by molar-refractivity contribution is 8.76. The minimum absolute atomic E-state index is 0.721. The van der Waals surface area contributed by atoms with Gasteiger partial charge in [0.2, 0.25) is 0 Å². The number of hydrogen-bond donors (Lipinski definition) is 1. The lowest BCUT2D eigenvalue weighted by molar-refractivity contribution is -0.692. The highest BCUT2D eigenvalue weighted by Gasteiger charge is 2.03. The van der Waals surface area contributed by atoms with Crippen LogP contribution in [0, 0.1) is 0 Å². The van der Waals surface area contributed by atoms with E-state index < -0.39 is 0 Å². The molecule has 0 unspecified atom stereocenters. The van der Waals surface area contributed by atoms with Crippen LogP contribution < -0.4 is 20.1 Å². The van der Waals surface area contributed by atoms with E-state index in [1.807, 2.05) is 40.0 Å². The summed E-state index contributed by atoms with van der Waals surface area (Å²) in [5, 5.41) is 0. The van der Waals surface area contributed by atoms with Crippen molar-refractivity contribution in [1.29, 1.82) is 0 Å². The van der Waals surface area contributed by atoms with E-state index in [1.165, 1.54) is 28.1 Å². The van der Waals surface area contributed by atoms with Crippen molar-refractivity contribution in [1.82, 2.24) is 4.90 Å². The summed E-state index contributed by atoms with van der Waals surface area (Å²) in [6, 6.07) is 21.7. The van der Waals surface area contributed by atoms with E-state index in [4.69, 9.17) is 5.73 Å². The fraction of sp³-hybridized carbons (Fsp3) is 0.350. The maximum atomic E-state index is 5.63. The first-order valence-corrected chi connectivity index (χ1v) is 19.3. The van der Waals surface area contributed by atoms with Crippen molar-refractivity contribution in [2.24, 2.45) is 10.7 Å². The Labute approximate surface area is 298 Å². The molecule has 6 nitrogen and oxygen atoms in total. The molecule has 8 heteroatoms. The van der Waals surface area contributed by atoms with Crippen molar-refractivity contribution in [3.63, 3.8) is 0 Å². The number of aryl methyl sites for hydroxylation is 1. The van der Waals surface area contributed by atoms with Gasteiger partial charge in [0.15, 0.2) is 18.9 Å². The molecule has 0 aliphatic carbocycles. The normalized spacial score (nSPS) is 12.2. The zero-order valence-corrected chi connectivity index (χ0v) is 31.0. The molecule has 0 spiro atoms. The Morgan fingerprint density at radius 2 is 1.31 bits per heavy atom. The van der Waals surface area contributed by atoms with Crippen LogP contribution in [0.25, 0.3) is 18.2 Å². The third-order valence-electron chi connectivity index (χ3n) is 7.75. The summed E-state index contributed by atoms with van der Waals surface area (Å²) in [5.74, 6) is 2.04. The summed E-state index contributed by atoms with van der Waals surface area (Å²) < 4.78 is 2.24. The van der Waals surface area contributed by atoms with E-state index in [2.05, 4.69) is 156 Å². The van der Waals surface area contributed by atoms with Gasteiger partial charge in [-0.15, -0.1) is 0 Å². The molecule has 0 atom stereocenters. The Bertz CT molecular complexity index is 1440. The molecule has 3 rings (SSSR count). The number of nitrogens with two attached hydrogens (primary N) is 1. The fourth-order valence-corrected chi connectivity index (χ4v) is 6.62. The van der Waals surface area contributed by atoms with Crippen LogP contribution >= 0.6 is 21.6 Å². The van der Waals surface area contributed by atoms with Crippen LogP contribution in [0.2, 0.25) is 0 Å². The average molecular weight is 684 g/mol. The number of hydrogen-bond acceptors (Lipinski definition) is 7. The Kier molecular flexibility index (Phi) is 18.6. The minimum Gasteiger partial charge on any atom is -0.375 e. The maximum Gasteiger partial charge on any atom is 0.169 e. The molecular formula is C40H55N6S2+. The first kappa shape index (κ1) is 38.9. The molecule has 0 saturated heterocycles. The predicted molar refractivity (Wildman–Crippen MR) is 217 cm³/mol. The standard InChI is InChI=1S/C40H55N6S2/c1-6-35(9-10-36-13-19-40(20-14-36)45(5)29-8-27-43(2)3)21-25-42-26-33-47-48-34-32-46-30-22-38(23-31-46)12-11-37-15-17-39(18-16-37)44(4)28-7-24-41/h6,9-23,25,30-31H,1,7-8,24,26-29,32-34,41H2,2-5H3/q+1/b10-9+,35-21+,42-25+. The number of allylic oxidation sites excluding steroid dienone is 4. The molecule has 0 bridgehead atoms. The lowest BCUT2D eigenvalue weighted by Gasteiger charge is -2.20. The van der Waals surface area contributed by atoms with E-state index in [-0.39, 0.29) is 0 Å². The second-order valence-corrected chi connectivity index (χ2v) is 14.6. The molecule has 0 aliphatic heterocycles. The molecule has 48 heavy (non-hydrogen) atoms. The van der Waals surface area contributed by atoms with Crippen LogP contribution in [0.4, 0.5) is 11.4 Å². The molecule has 1 aromatic heterocycles. The second-order valence-electron chi connectivity index (χ2n) is 11.9. The molecule has 0 amide bonds. The van der Waals surface area contributed by atoms with E-state index in [9.17, 15) is 0 Å². The Morgan fingerprint density at radius 3 is 1.90 bits per heavy atom.